The summed E-state index contributed by atoms with van der Waals surface area (Å²) in [6.45, 7) is 6.69. The lowest BCUT2D eigenvalue weighted by molar-refractivity contribution is -0.0907. The number of nitriles is 1. The molecule has 1 N–H and O–H groups in total. The highest BCUT2D eigenvalue weighted by Crippen LogP contribution is 2.44. The zero-order valence-electron chi connectivity index (χ0n) is 33.9. The molecule has 5 atom stereocenters. The van der Waals surface area contributed by atoms with E-state index in [-0.39, 0.29) is 56.6 Å². The molecule has 4 aromatic rings. The number of fused-ring (bicyclic) bond motifs is 1. The summed E-state index contributed by atoms with van der Waals surface area (Å²) in [7, 11) is -6.32. The number of sulfonamides is 1. The monoisotopic (exact) mass is 843 g/mol. The highest BCUT2D eigenvalue weighted by Gasteiger charge is 2.44. The van der Waals surface area contributed by atoms with Crippen LogP contribution < -0.4 is 5.32 Å². The Labute approximate surface area is 349 Å². The Morgan fingerprint density at radius 1 is 0.898 bits per heavy atom. The van der Waals surface area contributed by atoms with Gasteiger partial charge in [-0.25, -0.2) is 13.2 Å². The van der Waals surface area contributed by atoms with Gasteiger partial charge in [0.15, 0.2) is 6.29 Å². The summed E-state index contributed by atoms with van der Waals surface area (Å²) in [5, 5.41) is 12.6. The first-order valence-electron chi connectivity index (χ1n) is 20.0. The summed E-state index contributed by atoms with van der Waals surface area (Å²) >= 11 is 0. The predicted molar refractivity (Wildman–Crippen MR) is 224 cm³/mol. The van der Waals surface area contributed by atoms with Crippen LogP contribution in [0.5, 0.6) is 0 Å². The van der Waals surface area contributed by atoms with Crippen LogP contribution in [0, 0.1) is 29.6 Å². The van der Waals surface area contributed by atoms with Gasteiger partial charge in [-0.2, -0.15) is 9.57 Å². The third kappa shape index (κ3) is 13.1. The lowest BCUT2D eigenvalue weighted by atomic mass is 9.88. The molecule has 2 aliphatic heterocycles. The number of benzene rings is 4. The van der Waals surface area contributed by atoms with Crippen LogP contribution >= 0.6 is 8.60 Å². The molecule has 0 radical (unpaired) electrons. The van der Waals surface area contributed by atoms with Crippen LogP contribution in [0.2, 0.25) is 0 Å². The fraction of sp³-hybridized carbons (Fsp3) is 0.422. The molecule has 0 saturated carbocycles. The number of nitrogens with one attached hydrogen (secondary N) is 1. The fourth-order valence-corrected chi connectivity index (χ4v) is 9.90. The predicted octanol–water partition coefficient (Wildman–Crippen LogP) is 8.46. The van der Waals surface area contributed by atoms with E-state index in [4.69, 9.17) is 27.8 Å². The highest BCUT2D eigenvalue weighted by molar-refractivity contribution is 7.89. The molecule has 4 unspecified atom stereocenters. The van der Waals surface area contributed by atoms with Crippen molar-refractivity contribution in [3.8, 4) is 6.07 Å². The molecule has 4 aromatic carbocycles. The summed E-state index contributed by atoms with van der Waals surface area (Å²) < 4.78 is 68.1. The van der Waals surface area contributed by atoms with Crippen LogP contribution in [0.15, 0.2) is 120 Å². The molecule has 314 valence electrons. The van der Waals surface area contributed by atoms with E-state index in [9.17, 15) is 18.5 Å². The van der Waals surface area contributed by atoms with E-state index in [0.717, 1.165) is 22.3 Å². The van der Waals surface area contributed by atoms with Crippen molar-refractivity contribution in [2.75, 3.05) is 26.3 Å². The van der Waals surface area contributed by atoms with Crippen LogP contribution in [0.25, 0.3) is 0 Å². The SMILES string of the molecule is Cc1ccc(S(=O)(=O)N(CC(OP(OCc2ccccc2)OCc2ccccc2)[C@H](Cc2ccccc2)NC(=O)OC2COC3OCCC23)CC(C)(C)CCC#N)cc1. The van der Waals surface area contributed by atoms with Crippen LogP contribution in [0.1, 0.15) is 55.4 Å². The maximum absolute atomic E-state index is 14.8. The van der Waals surface area contributed by atoms with Crippen LogP contribution in [0.4, 0.5) is 4.79 Å². The van der Waals surface area contributed by atoms with Gasteiger partial charge in [-0.05, 0) is 60.4 Å². The van der Waals surface area contributed by atoms with Gasteiger partial charge in [0.2, 0.25) is 10.0 Å². The van der Waals surface area contributed by atoms with Crippen molar-refractivity contribution >= 4 is 24.7 Å². The topological polar surface area (TPSA) is 146 Å². The van der Waals surface area contributed by atoms with Gasteiger partial charge in [-0.1, -0.05) is 123 Å². The zero-order chi connectivity index (χ0) is 41.7. The number of hydrogen-bond donors (Lipinski definition) is 1. The van der Waals surface area contributed by atoms with Crippen LogP contribution in [-0.2, 0) is 57.4 Å². The number of aryl methyl sites for hydroxylation is 1. The molecule has 0 spiro atoms. The average Bonchev–Trinajstić information content (AvgIpc) is 3.86. The smallest absolute Gasteiger partial charge is 0.407 e. The van der Waals surface area contributed by atoms with Crippen molar-refractivity contribution in [1.82, 2.24) is 9.62 Å². The van der Waals surface area contributed by atoms with E-state index in [1.165, 1.54) is 4.31 Å². The Kier molecular flexibility index (Phi) is 16.0. The van der Waals surface area contributed by atoms with Crippen molar-refractivity contribution < 1.29 is 41.0 Å². The Morgan fingerprint density at radius 2 is 1.49 bits per heavy atom. The number of rotatable bonds is 21. The molecule has 2 fully saturated rings. The third-order valence-electron chi connectivity index (χ3n) is 10.4. The summed E-state index contributed by atoms with van der Waals surface area (Å²) in [5.74, 6) is -0.0863. The van der Waals surface area contributed by atoms with Gasteiger partial charge >= 0.3 is 14.7 Å². The molecule has 0 aliphatic carbocycles. The summed E-state index contributed by atoms with van der Waals surface area (Å²) in [6, 6.07) is 36.9. The minimum absolute atomic E-state index is 0.0589. The van der Waals surface area contributed by atoms with E-state index in [1.807, 2.05) is 112 Å². The first-order valence-corrected chi connectivity index (χ1v) is 22.5. The summed E-state index contributed by atoms with van der Waals surface area (Å²) in [5.41, 5.74) is 2.96. The number of amides is 1. The molecule has 59 heavy (non-hydrogen) atoms. The normalized spacial score (nSPS) is 18.9. The van der Waals surface area contributed by atoms with Gasteiger partial charge in [-0.15, -0.1) is 0 Å². The molecule has 0 bridgehead atoms. The second-order valence-corrected chi connectivity index (χ2v) is 18.8. The van der Waals surface area contributed by atoms with Gasteiger partial charge < -0.3 is 33.1 Å². The van der Waals surface area contributed by atoms with E-state index in [1.54, 1.807) is 24.3 Å². The molecule has 0 aromatic heterocycles. The quantitative estimate of drug-likeness (QED) is 0.0811. The molecule has 1 amide bonds. The van der Waals surface area contributed by atoms with Gasteiger partial charge in [0.1, 0.15) is 12.2 Å². The number of hydrogen-bond acceptors (Lipinski definition) is 10. The van der Waals surface area contributed by atoms with Crippen molar-refractivity contribution in [3.05, 3.63) is 138 Å². The molecular weight excluding hydrogens is 790 g/mol. The molecule has 14 heteroatoms. The van der Waals surface area contributed by atoms with Crippen molar-refractivity contribution in [1.29, 1.82) is 5.26 Å². The second-order valence-electron chi connectivity index (χ2n) is 15.7. The minimum Gasteiger partial charge on any atom is -0.443 e. The highest BCUT2D eigenvalue weighted by atomic mass is 32.2. The first kappa shape index (κ1) is 44.3. The second kappa shape index (κ2) is 21.3. The van der Waals surface area contributed by atoms with Crippen molar-refractivity contribution in [2.24, 2.45) is 11.3 Å². The summed E-state index contributed by atoms with van der Waals surface area (Å²) in [4.78, 5) is 14.1. The maximum atomic E-state index is 14.8. The maximum Gasteiger partial charge on any atom is 0.407 e. The van der Waals surface area contributed by atoms with Crippen molar-refractivity contribution in [2.45, 2.75) is 89.1 Å². The van der Waals surface area contributed by atoms with Crippen molar-refractivity contribution in [3.63, 3.8) is 0 Å². The Hall–Kier alpha value is -4.22. The molecular formula is C45H54N3O9PS. The average molecular weight is 844 g/mol. The Bertz CT molecular complexity index is 2010. The number of nitrogens with zero attached hydrogens (tertiary/aromatic N) is 2. The van der Waals surface area contributed by atoms with Crippen LogP contribution in [0.3, 0.4) is 0 Å². The Morgan fingerprint density at radius 3 is 2.08 bits per heavy atom. The molecule has 2 saturated heterocycles. The van der Waals surface area contributed by atoms with Gasteiger partial charge in [-0.3, -0.25) is 0 Å². The van der Waals surface area contributed by atoms with E-state index < -0.39 is 54.7 Å². The van der Waals surface area contributed by atoms with Gasteiger partial charge in [0.25, 0.3) is 0 Å². The number of carbonyl (C=O) groups excluding carboxylic acids is 1. The first-order chi connectivity index (χ1) is 28.5. The van der Waals surface area contributed by atoms with Crippen LogP contribution in [-0.4, -0.2) is 69.7 Å². The lowest BCUT2D eigenvalue weighted by Gasteiger charge is -2.37. The molecule has 2 heterocycles. The zero-order valence-corrected chi connectivity index (χ0v) is 35.6. The largest absolute Gasteiger partial charge is 0.443 e. The standard InChI is InChI=1S/C45H54N3O9PS/c1-34-20-22-38(23-21-34)59(50,51)48(33-45(2,3)25-13-26-46)29-41(57-58(54-30-36-16-9-5-10-17-36)55-31-37-18-11-6-12-19-37)40(28-35-14-7-4-8-15-35)47-44(49)56-42-32-53-43-39(42)24-27-52-43/h4-12,14-23,39-43H,13,24-25,27-33H2,1-3H3,(H,47,49)/t39?,40-,41?,42?,43?/m0/s1. The lowest BCUT2D eigenvalue weighted by Crippen LogP contribution is -2.53. The van der Waals surface area contributed by atoms with Gasteiger partial charge in [0.05, 0.1) is 49.4 Å². The number of ether oxygens (including phenoxy) is 3. The van der Waals surface area contributed by atoms with E-state index in [2.05, 4.69) is 11.4 Å². The molecule has 12 nitrogen and oxygen atoms in total. The third-order valence-corrected chi connectivity index (χ3v) is 13.4. The number of alkyl carbamates (subject to hydrolysis) is 1. The van der Waals surface area contributed by atoms with E-state index >= 15 is 0 Å². The molecule has 2 aliphatic rings. The fourth-order valence-electron chi connectivity index (χ4n) is 7.12. The van der Waals surface area contributed by atoms with Gasteiger partial charge in [0, 0.05) is 19.5 Å². The minimum atomic E-state index is -4.16. The molecule has 6 rings (SSSR count). The van der Waals surface area contributed by atoms with E-state index in [0.29, 0.717) is 19.4 Å². The number of carbonyl (C=O) groups is 1. The summed E-state index contributed by atoms with van der Waals surface area (Å²) in [6.07, 6.45) is -0.989. The Balaban J connectivity index is 1.38.